The Labute approximate surface area is 167 Å². The number of ether oxygens (including phenoxy) is 1. The van der Waals surface area contributed by atoms with E-state index in [2.05, 4.69) is 20.3 Å². The van der Waals surface area contributed by atoms with Gasteiger partial charge in [0.1, 0.15) is 16.7 Å². The number of aromatic nitrogens is 3. The van der Waals surface area contributed by atoms with E-state index in [9.17, 15) is 5.11 Å². The number of fused-ring (bicyclic) bond motifs is 1. The van der Waals surface area contributed by atoms with Gasteiger partial charge in [0.05, 0.1) is 24.1 Å². The molecule has 0 unspecified atom stereocenters. The predicted octanol–water partition coefficient (Wildman–Crippen LogP) is 3.24. The Morgan fingerprint density at radius 1 is 1.36 bits per heavy atom. The van der Waals surface area contributed by atoms with Gasteiger partial charge in [-0.05, 0) is 37.3 Å². The summed E-state index contributed by atoms with van der Waals surface area (Å²) >= 11 is 6.41. The van der Waals surface area contributed by atoms with E-state index in [1.807, 2.05) is 12.1 Å². The molecule has 2 atom stereocenters. The number of rotatable bonds is 6. The Morgan fingerprint density at radius 3 is 2.96 bits per heavy atom. The van der Waals surface area contributed by atoms with Gasteiger partial charge < -0.3 is 25.3 Å². The Balaban J connectivity index is 1.71. The zero-order chi connectivity index (χ0) is 19.7. The third-order valence-corrected chi connectivity index (χ3v) is 5.30. The number of nitrogen functional groups attached to an aromatic ring is 1. The Morgan fingerprint density at radius 2 is 2.21 bits per heavy atom. The lowest BCUT2D eigenvalue weighted by Crippen LogP contribution is -2.18. The fraction of sp³-hybridized carbons (Fsp3) is 0.421. The van der Waals surface area contributed by atoms with Gasteiger partial charge in [-0.15, -0.1) is 0 Å². The minimum atomic E-state index is 0.0908. The second kappa shape index (κ2) is 7.90. The van der Waals surface area contributed by atoms with Crippen molar-refractivity contribution in [1.82, 2.24) is 15.0 Å². The van der Waals surface area contributed by atoms with Gasteiger partial charge in [0, 0.05) is 25.1 Å². The minimum absolute atomic E-state index is 0.0908. The first-order valence-electron chi connectivity index (χ1n) is 9.15. The quantitative estimate of drug-likeness (QED) is 0.536. The van der Waals surface area contributed by atoms with Crippen molar-refractivity contribution in [2.75, 3.05) is 24.8 Å². The standard InChI is InChI=1S/C19H22ClN5O3/c1-27-9-13-5-11-6-14(28-15(11)7-22-13)16-17(20)24-19(21)25-18(16)23-12-3-2-10(4-12)8-26/h5-7,10,12,26H,2-4,8-9H2,1H3,(H3,21,23,24,25)/t10-,12+/m1/s1. The lowest BCUT2D eigenvalue weighted by Gasteiger charge is -2.16. The number of methoxy groups -OCH3 is 1. The van der Waals surface area contributed by atoms with Gasteiger partial charge >= 0.3 is 0 Å². The van der Waals surface area contributed by atoms with Crippen LogP contribution in [0.25, 0.3) is 22.3 Å². The van der Waals surface area contributed by atoms with Crippen LogP contribution in [0.4, 0.5) is 11.8 Å². The summed E-state index contributed by atoms with van der Waals surface area (Å²) in [4.78, 5) is 12.8. The number of hydrogen-bond donors (Lipinski definition) is 3. The van der Waals surface area contributed by atoms with E-state index in [4.69, 9.17) is 26.5 Å². The number of nitrogens with zero attached hydrogens (tertiary/aromatic N) is 3. The molecule has 8 nitrogen and oxygen atoms in total. The van der Waals surface area contributed by atoms with Gasteiger partial charge in [0.15, 0.2) is 5.58 Å². The maximum absolute atomic E-state index is 9.39. The molecule has 0 aromatic carbocycles. The molecule has 0 saturated heterocycles. The fourth-order valence-corrected chi connectivity index (χ4v) is 3.95. The molecule has 1 aliphatic carbocycles. The van der Waals surface area contributed by atoms with Crippen LogP contribution in [0.2, 0.25) is 5.15 Å². The average Bonchev–Trinajstić information content (AvgIpc) is 3.27. The monoisotopic (exact) mass is 403 g/mol. The minimum Gasteiger partial charge on any atom is -0.454 e. The molecule has 0 amide bonds. The van der Waals surface area contributed by atoms with E-state index in [1.165, 1.54) is 0 Å². The molecule has 1 saturated carbocycles. The summed E-state index contributed by atoms with van der Waals surface area (Å²) in [6.07, 6.45) is 4.43. The van der Waals surface area contributed by atoms with Crippen molar-refractivity contribution in [1.29, 1.82) is 0 Å². The van der Waals surface area contributed by atoms with Crippen LogP contribution in [-0.2, 0) is 11.3 Å². The summed E-state index contributed by atoms with van der Waals surface area (Å²) in [6.45, 7) is 0.612. The number of aliphatic hydroxyl groups excluding tert-OH is 1. The largest absolute Gasteiger partial charge is 0.454 e. The predicted molar refractivity (Wildman–Crippen MR) is 107 cm³/mol. The number of halogens is 1. The van der Waals surface area contributed by atoms with Crippen LogP contribution in [0.1, 0.15) is 25.0 Å². The molecule has 3 aromatic rings. The third-order valence-electron chi connectivity index (χ3n) is 5.02. The normalized spacial score (nSPS) is 19.4. The SMILES string of the molecule is COCc1cc2cc(-c3c(Cl)nc(N)nc3N[C@H]3CC[C@@H](CO)C3)oc2cn1. The van der Waals surface area contributed by atoms with E-state index in [0.29, 0.717) is 35.2 Å². The third kappa shape index (κ3) is 3.76. The van der Waals surface area contributed by atoms with Gasteiger partial charge in [0.2, 0.25) is 5.95 Å². The number of aliphatic hydroxyl groups is 1. The number of anilines is 2. The van der Waals surface area contributed by atoms with E-state index in [-0.39, 0.29) is 23.8 Å². The summed E-state index contributed by atoms with van der Waals surface area (Å²) in [7, 11) is 1.63. The van der Waals surface area contributed by atoms with Crippen LogP contribution < -0.4 is 11.1 Å². The van der Waals surface area contributed by atoms with Crippen molar-refractivity contribution in [3.05, 3.63) is 29.2 Å². The molecule has 3 heterocycles. The molecule has 4 N–H and O–H groups in total. The van der Waals surface area contributed by atoms with Crippen molar-refractivity contribution in [2.24, 2.45) is 5.92 Å². The van der Waals surface area contributed by atoms with Crippen LogP contribution >= 0.6 is 11.6 Å². The van der Waals surface area contributed by atoms with Crippen molar-refractivity contribution in [3.8, 4) is 11.3 Å². The highest BCUT2D eigenvalue weighted by molar-refractivity contribution is 6.32. The van der Waals surface area contributed by atoms with Gasteiger partial charge in [-0.1, -0.05) is 11.6 Å². The summed E-state index contributed by atoms with van der Waals surface area (Å²) < 4.78 is 11.1. The summed E-state index contributed by atoms with van der Waals surface area (Å²) in [5, 5.41) is 13.9. The molecule has 0 radical (unpaired) electrons. The molecule has 9 heteroatoms. The van der Waals surface area contributed by atoms with E-state index >= 15 is 0 Å². The molecule has 0 bridgehead atoms. The lowest BCUT2D eigenvalue weighted by molar-refractivity contribution is 0.181. The Bertz CT molecular complexity index is 993. The van der Waals surface area contributed by atoms with Crippen LogP contribution in [0.5, 0.6) is 0 Å². The van der Waals surface area contributed by atoms with E-state index in [1.54, 1.807) is 13.3 Å². The second-order valence-electron chi connectivity index (χ2n) is 7.06. The molecular weight excluding hydrogens is 382 g/mol. The maximum Gasteiger partial charge on any atom is 0.223 e. The van der Waals surface area contributed by atoms with Crippen molar-refractivity contribution in [2.45, 2.75) is 31.9 Å². The summed E-state index contributed by atoms with van der Waals surface area (Å²) in [6, 6.07) is 3.97. The Hall–Kier alpha value is -2.42. The number of nitrogens with one attached hydrogen (secondary N) is 1. The fourth-order valence-electron chi connectivity index (χ4n) is 3.68. The molecule has 1 aliphatic rings. The van der Waals surface area contributed by atoms with Crippen LogP contribution in [-0.4, -0.2) is 39.8 Å². The maximum atomic E-state index is 9.39. The zero-order valence-corrected chi connectivity index (χ0v) is 16.2. The highest BCUT2D eigenvalue weighted by Crippen LogP contribution is 2.38. The summed E-state index contributed by atoms with van der Waals surface area (Å²) in [5.41, 5.74) is 7.83. The van der Waals surface area contributed by atoms with Crippen molar-refractivity contribution >= 4 is 34.3 Å². The average molecular weight is 404 g/mol. The molecule has 3 aromatic heterocycles. The van der Waals surface area contributed by atoms with Gasteiger partial charge in [0.25, 0.3) is 0 Å². The van der Waals surface area contributed by atoms with Crippen LogP contribution in [0, 0.1) is 5.92 Å². The first kappa shape index (κ1) is 18.9. The molecule has 1 fully saturated rings. The molecule has 0 aliphatic heterocycles. The molecule has 148 valence electrons. The number of hydrogen-bond acceptors (Lipinski definition) is 8. The van der Waals surface area contributed by atoms with Gasteiger partial charge in [-0.25, -0.2) is 4.98 Å². The first-order valence-corrected chi connectivity index (χ1v) is 9.53. The molecular formula is C19H22ClN5O3. The van der Waals surface area contributed by atoms with Crippen molar-refractivity contribution in [3.63, 3.8) is 0 Å². The Kier molecular flexibility index (Phi) is 5.34. The van der Waals surface area contributed by atoms with Crippen LogP contribution in [0.3, 0.4) is 0 Å². The lowest BCUT2D eigenvalue weighted by atomic mass is 10.1. The number of furan rings is 1. The highest BCUT2D eigenvalue weighted by atomic mass is 35.5. The van der Waals surface area contributed by atoms with Gasteiger partial charge in [-0.3, -0.25) is 4.98 Å². The van der Waals surface area contributed by atoms with Crippen molar-refractivity contribution < 1.29 is 14.3 Å². The van der Waals surface area contributed by atoms with E-state index < -0.39 is 0 Å². The second-order valence-corrected chi connectivity index (χ2v) is 7.41. The number of nitrogens with two attached hydrogens (primary N) is 1. The first-order chi connectivity index (χ1) is 13.6. The zero-order valence-electron chi connectivity index (χ0n) is 15.5. The summed E-state index contributed by atoms with van der Waals surface area (Å²) in [5.74, 6) is 1.46. The molecule has 0 spiro atoms. The molecule has 28 heavy (non-hydrogen) atoms. The smallest absolute Gasteiger partial charge is 0.223 e. The molecule has 4 rings (SSSR count). The van der Waals surface area contributed by atoms with Gasteiger partial charge in [-0.2, -0.15) is 4.98 Å². The highest BCUT2D eigenvalue weighted by Gasteiger charge is 2.27. The van der Waals surface area contributed by atoms with E-state index in [0.717, 1.165) is 30.3 Å². The number of pyridine rings is 1. The van der Waals surface area contributed by atoms with Crippen LogP contribution in [0.15, 0.2) is 22.7 Å². The topological polar surface area (TPSA) is 119 Å².